The summed E-state index contributed by atoms with van der Waals surface area (Å²) in [5, 5.41) is 3.10. The van der Waals surface area contributed by atoms with Crippen LogP contribution < -0.4 is 20.5 Å². The Labute approximate surface area is 145 Å². The molecule has 0 heterocycles. The van der Waals surface area contributed by atoms with Crippen LogP contribution in [0.4, 0.5) is 0 Å². The van der Waals surface area contributed by atoms with E-state index in [0.29, 0.717) is 25.5 Å². The normalized spacial score (nSPS) is 12.6. The Morgan fingerprint density at radius 3 is 2.21 bits per heavy atom. The van der Waals surface area contributed by atoms with Crippen LogP contribution in [0, 0.1) is 5.41 Å². The first-order chi connectivity index (χ1) is 11.5. The fourth-order valence-electron chi connectivity index (χ4n) is 2.72. The first-order valence-corrected chi connectivity index (χ1v) is 8.88. The summed E-state index contributed by atoms with van der Waals surface area (Å²) in [4.78, 5) is 12.7. The Kier molecular flexibility index (Phi) is 8.05. The predicted molar refractivity (Wildman–Crippen MR) is 97.4 cm³/mol. The minimum absolute atomic E-state index is 0.00865. The number of amides is 1. The monoisotopic (exact) mass is 336 g/mol. The van der Waals surface area contributed by atoms with E-state index in [1.165, 1.54) is 0 Å². The molecule has 5 heteroatoms. The molecule has 0 bridgehead atoms. The van der Waals surface area contributed by atoms with Gasteiger partial charge in [0.15, 0.2) is 11.5 Å². The van der Waals surface area contributed by atoms with Crippen LogP contribution in [-0.4, -0.2) is 25.7 Å². The van der Waals surface area contributed by atoms with E-state index in [9.17, 15) is 4.79 Å². The highest BCUT2D eigenvalue weighted by molar-refractivity contribution is 5.83. The van der Waals surface area contributed by atoms with E-state index in [4.69, 9.17) is 15.2 Å². The summed E-state index contributed by atoms with van der Waals surface area (Å²) in [6, 6.07) is 5.65. The van der Waals surface area contributed by atoms with Crippen molar-refractivity contribution < 1.29 is 14.3 Å². The molecule has 1 rings (SSSR count). The molecular formula is C19H32N2O3. The molecule has 0 radical (unpaired) electrons. The van der Waals surface area contributed by atoms with Gasteiger partial charge in [0.1, 0.15) is 0 Å². The molecule has 1 aromatic rings. The van der Waals surface area contributed by atoms with Crippen LogP contribution >= 0.6 is 0 Å². The first-order valence-electron chi connectivity index (χ1n) is 8.88. The van der Waals surface area contributed by atoms with Crippen LogP contribution in [0.2, 0.25) is 0 Å². The van der Waals surface area contributed by atoms with Crippen molar-refractivity contribution in [2.24, 2.45) is 11.1 Å². The van der Waals surface area contributed by atoms with Gasteiger partial charge < -0.3 is 20.5 Å². The first kappa shape index (κ1) is 20.3. The number of nitrogens with one attached hydrogen (secondary N) is 1. The van der Waals surface area contributed by atoms with E-state index >= 15 is 0 Å². The van der Waals surface area contributed by atoms with Crippen molar-refractivity contribution in [2.75, 3.05) is 19.8 Å². The minimum Gasteiger partial charge on any atom is -0.490 e. The molecule has 0 aliphatic heterocycles. The maximum Gasteiger partial charge on any atom is 0.227 e. The fraction of sp³-hybridized carbons (Fsp3) is 0.632. The van der Waals surface area contributed by atoms with Gasteiger partial charge in [-0.3, -0.25) is 4.79 Å². The van der Waals surface area contributed by atoms with Crippen molar-refractivity contribution in [1.82, 2.24) is 5.32 Å². The third-order valence-electron chi connectivity index (χ3n) is 4.64. The van der Waals surface area contributed by atoms with Crippen molar-refractivity contribution >= 4 is 5.91 Å². The molecule has 0 aromatic heterocycles. The Balaban J connectivity index is 2.96. The number of benzene rings is 1. The maximum absolute atomic E-state index is 12.7. The van der Waals surface area contributed by atoms with Gasteiger partial charge in [0.05, 0.1) is 24.7 Å². The van der Waals surface area contributed by atoms with Crippen LogP contribution in [0.1, 0.15) is 59.1 Å². The van der Waals surface area contributed by atoms with Gasteiger partial charge in [-0.1, -0.05) is 19.9 Å². The number of rotatable bonds is 10. The van der Waals surface area contributed by atoms with E-state index in [2.05, 4.69) is 5.32 Å². The number of ether oxygens (including phenoxy) is 2. The molecule has 1 amide bonds. The van der Waals surface area contributed by atoms with Gasteiger partial charge in [0.2, 0.25) is 5.91 Å². The molecule has 3 N–H and O–H groups in total. The molecule has 1 aromatic carbocycles. The standard InChI is InChI=1S/C19H32N2O3/c1-6-19(7-2,13-20)18(22)21-14(5)15-10-11-16(23-8-3)17(12-15)24-9-4/h10-12,14H,6-9,13,20H2,1-5H3,(H,21,22). The summed E-state index contributed by atoms with van der Waals surface area (Å²) in [6.07, 6.45) is 1.46. The van der Waals surface area contributed by atoms with Crippen LogP contribution in [0.25, 0.3) is 0 Å². The topological polar surface area (TPSA) is 73.6 Å². The van der Waals surface area contributed by atoms with Crippen molar-refractivity contribution in [2.45, 2.75) is 53.5 Å². The molecule has 1 atom stereocenters. The zero-order valence-corrected chi connectivity index (χ0v) is 15.6. The van der Waals surface area contributed by atoms with Crippen molar-refractivity contribution in [3.05, 3.63) is 23.8 Å². The summed E-state index contributed by atoms with van der Waals surface area (Å²) < 4.78 is 11.2. The third kappa shape index (κ3) is 4.63. The quantitative estimate of drug-likeness (QED) is 0.686. The number of carbonyl (C=O) groups excluding carboxylic acids is 1. The van der Waals surface area contributed by atoms with Crippen LogP contribution in [0.15, 0.2) is 18.2 Å². The molecule has 1 unspecified atom stereocenters. The lowest BCUT2D eigenvalue weighted by Crippen LogP contribution is -2.46. The second-order valence-electron chi connectivity index (χ2n) is 5.96. The van der Waals surface area contributed by atoms with Gasteiger partial charge in [0, 0.05) is 6.54 Å². The summed E-state index contributed by atoms with van der Waals surface area (Å²) in [5.74, 6) is 1.43. The van der Waals surface area contributed by atoms with Gasteiger partial charge in [0.25, 0.3) is 0 Å². The molecule has 0 saturated heterocycles. The summed E-state index contributed by atoms with van der Waals surface area (Å²) in [5.41, 5.74) is 6.35. The van der Waals surface area contributed by atoms with E-state index in [-0.39, 0.29) is 11.9 Å². The fourth-order valence-corrected chi connectivity index (χ4v) is 2.72. The van der Waals surface area contributed by atoms with Gasteiger partial charge in [-0.15, -0.1) is 0 Å². The highest BCUT2D eigenvalue weighted by atomic mass is 16.5. The predicted octanol–water partition coefficient (Wildman–Crippen LogP) is 3.43. The zero-order valence-electron chi connectivity index (χ0n) is 15.6. The lowest BCUT2D eigenvalue weighted by Gasteiger charge is -2.30. The van der Waals surface area contributed by atoms with Crippen LogP contribution in [0.5, 0.6) is 11.5 Å². The molecule has 24 heavy (non-hydrogen) atoms. The smallest absolute Gasteiger partial charge is 0.227 e. The van der Waals surface area contributed by atoms with Gasteiger partial charge in [-0.05, 0) is 51.3 Å². The van der Waals surface area contributed by atoms with Crippen molar-refractivity contribution in [1.29, 1.82) is 0 Å². The van der Waals surface area contributed by atoms with Crippen LogP contribution in [0.3, 0.4) is 0 Å². The average Bonchev–Trinajstić information content (AvgIpc) is 2.59. The molecule has 5 nitrogen and oxygen atoms in total. The van der Waals surface area contributed by atoms with Crippen LogP contribution in [-0.2, 0) is 4.79 Å². The second kappa shape index (κ2) is 9.52. The van der Waals surface area contributed by atoms with Gasteiger partial charge in [-0.2, -0.15) is 0 Å². The number of carbonyl (C=O) groups is 1. The Morgan fingerprint density at radius 1 is 1.12 bits per heavy atom. The van der Waals surface area contributed by atoms with Crippen molar-refractivity contribution in [3.8, 4) is 11.5 Å². The van der Waals surface area contributed by atoms with Gasteiger partial charge >= 0.3 is 0 Å². The largest absolute Gasteiger partial charge is 0.490 e. The number of nitrogens with two attached hydrogens (primary N) is 1. The average molecular weight is 336 g/mol. The lowest BCUT2D eigenvalue weighted by molar-refractivity contribution is -0.131. The molecule has 0 aliphatic carbocycles. The molecule has 0 saturated carbocycles. The lowest BCUT2D eigenvalue weighted by atomic mass is 9.81. The third-order valence-corrected chi connectivity index (χ3v) is 4.64. The Hall–Kier alpha value is -1.75. The summed E-state index contributed by atoms with van der Waals surface area (Å²) in [6.45, 7) is 11.3. The van der Waals surface area contributed by atoms with E-state index in [1.54, 1.807) is 0 Å². The second-order valence-corrected chi connectivity index (χ2v) is 5.96. The number of hydrogen-bond donors (Lipinski definition) is 2. The Morgan fingerprint density at radius 2 is 1.71 bits per heavy atom. The van der Waals surface area contributed by atoms with Crippen molar-refractivity contribution in [3.63, 3.8) is 0 Å². The van der Waals surface area contributed by atoms with E-state index in [1.807, 2.05) is 52.8 Å². The Bertz CT molecular complexity index is 519. The molecular weight excluding hydrogens is 304 g/mol. The maximum atomic E-state index is 12.7. The number of hydrogen-bond acceptors (Lipinski definition) is 4. The molecule has 0 fully saturated rings. The van der Waals surface area contributed by atoms with Gasteiger partial charge in [-0.25, -0.2) is 0 Å². The summed E-state index contributed by atoms with van der Waals surface area (Å²) >= 11 is 0. The highest BCUT2D eigenvalue weighted by Gasteiger charge is 2.34. The van der Waals surface area contributed by atoms with E-state index < -0.39 is 5.41 Å². The highest BCUT2D eigenvalue weighted by Crippen LogP contribution is 2.32. The molecule has 136 valence electrons. The molecule has 0 spiro atoms. The SMILES string of the molecule is CCOc1ccc(C(C)NC(=O)C(CC)(CC)CN)cc1OCC. The zero-order chi connectivity index (χ0) is 18.2. The van der Waals surface area contributed by atoms with E-state index in [0.717, 1.165) is 24.2 Å². The minimum atomic E-state index is -0.498. The molecule has 0 aliphatic rings. The summed E-state index contributed by atoms with van der Waals surface area (Å²) in [7, 11) is 0.